The molecule has 0 aliphatic rings. The molecule has 1 rings (SSSR count). The summed E-state index contributed by atoms with van der Waals surface area (Å²) in [7, 11) is 0. The highest BCUT2D eigenvalue weighted by molar-refractivity contribution is 7.13. The van der Waals surface area contributed by atoms with Crippen LogP contribution in [0.3, 0.4) is 0 Å². The van der Waals surface area contributed by atoms with Crippen molar-refractivity contribution in [1.82, 2.24) is 4.98 Å². The maximum absolute atomic E-state index is 10.7. The molecule has 0 bridgehead atoms. The summed E-state index contributed by atoms with van der Waals surface area (Å²) in [5, 5.41) is 9.02. The monoisotopic (exact) mass is 213 g/mol. The van der Waals surface area contributed by atoms with E-state index >= 15 is 0 Å². The third-order valence-electron chi connectivity index (χ3n) is 1.88. The molecule has 4 heteroatoms. The lowest BCUT2D eigenvalue weighted by molar-refractivity contribution is 0.0696. The molecule has 0 radical (unpaired) electrons. The predicted octanol–water partition coefficient (Wildman–Crippen LogP) is 2.60. The Labute approximate surface area is 87.8 Å². The lowest BCUT2D eigenvalue weighted by Crippen LogP contribution is -1.99. The number of hydrogen-bond donors (Lipinski definition) is 1. The second-order valence-electron chi connectivity index (χ2n) is 3.65. The molecule has 3 nitrogen and oxygen atoms in total. The van der Waals surface area contributed by atoms with E-state index < -0.39 is 5.97 Å². The number of carbonyl (C=O) groups is 1. The molecule has 0 aliphatic carbocycles. The fourth-order valence-corrected chi connectivity index (χ4v) is 2.16. The zero-order valence-corrected chi connectivity index (χ0v) is 9.52. The van der Waals surface area contributed by atoms with Gasteiger partial charge >= 0.3 is 5.97 Å². The minimum absolute atomic E-state index is 0.220. The van der Waals surface area contributed by atoms with Crippen LogP contribution in [0.4, 0.5) is 0 Å². The average Bonchev–Trinajstić information content (AvgIpc) is 2.46. The molecule has 1 heterocycles. The Bertz CT molecular complexity index is 331. The first kappa shape index (κ1) is 11.2. The summed E-state index contributed by atoms with van der Waals surface area (Å²) in [6.45, 7) is 6.25. The molecule has 1 aromatic rings. The molecule has 14 heavy (non-hydrogen) atoms. The summed E-state index contributed by atoms with van der Waals surface area (Å²) in [4.78, 5) is 16.0. The van der Waals surface area contributed by atoms with Crippen LogP contribution in [0.25, 0.3) is 0 Å². The first-order chi connectivity index (χ1) is 6.54. The first-order valence-corrected chi connectivity index (χ1v) is 5.58. The number of nitrogens with zero attached hydrogens (tertiary/aromatic N) is 1. The Balaban J connectivity index is 2.96. The molecule has 0 aliphatic heterocycles. The lowest BCUT2D eigenvalue weighted by Gasteiger charge is -2.02. The van der Waals surface area contributed by atoms with Crippen molar-refractivity contribution in [2.24, 2.45) is 5.92 Å². The van der Waals surface area contributed by atoms with E-state index in [4.69, 9.17) is 5.11 Å². The minimum atomic E-state index is -0.917. The molecule has 1 aromatic heterocycles. The largest absolute Gasteiger partial charge is 0.476 e. The summed E-state index contributed by atoms with van der Waals surface area (Å²) in [5.41, 5.74) is 0.963. The normalized spacial score (nSPS) is 10.9. The highest BCUT2D eigenvalue weighted by Gasteiger charge is 2.15. The second kappa shape index (κ2) is 4.55. The van der Waals surface area contributed by atoms with Gasteiger partial charge in [-0.15, -0.1) is 11.3 Å². The number of hydrogen-bond acceptors (Lipinski definition) is 3. The van der Waals surface area contributed by atoms with E-state index in [2.05, 4.69) is 18.8 Å². The molecular weight excluding hydrogens is 198 g/mol. The number of rotatable bonds is 4. The van der Waals surface area contributed by atoms with E-state index in [-0.39, 0.29) is 5.01 Å². The van der Waals surface area contributed by atoms with Crippen LogP contribution in [-0.2, 0) is 12.8 Å². The van der Waals surface area contributed by atoms with Crippen LogP contribution >= 0.6 is 11.3 Å². The van der Waals surface area contributed by atoms with Crippen LogP contribution in [0.2, 0.25) is 0 Å². The molecule has 0 fully saturated rings. The summed E-state index contributed by atoms with van der Waals surface area (Å²) in [6, 6.07) is 0. The van der Waals surface area contributed by atoms with E-state index in [1.807, 2.05) is 6.92 Å². The van der Waals surface area contributed by atoms with E-state index in [1.54, 1.807) is 0 Å². The van der Waals surface area contributed by atoms with Gasteiger partial charge in [0.15, 0.2) is 0 Å². The van der Waals surface area contributed by atoms with E-state index in [1.165, 1.54) is 11.3 Å². The van der Waals surface area contributed by atoms with Crippen LogP contribution in [0.5, 0.6) is 0 Å². The molecule has 0 spiro atoms. The average molecular weight is 213 g/mol. The van der Waals surface area contributed by atoms with Crippen molar-refractivity contribution < 1.29 is 9.90 Å². The van der Waals surface area contributed by atoms with Crippen molar-refractivity contribution in [3.05, 3.63) is 15.6 Å². The lowest BCUT2D eigenvalue weighted by atomic mass is 10.1. The molecule has 0 saturated carbocycles. The van der Waals surface area contributed by atoms with Gasteiger partial charge in [-0.3, -0.25) is 0 Å². The highest BCUT2D eigenvalue weighted by atomic mass is 32.1. The molecule has 0 amide bonds. The van der Waals surface area contributed by atoms with Crippen molar-refractivity contribution in [2.45, 2.75) is 33.6 Å². The van der Waals surface area contributed by atoms with Crippen molar-refractivity contribution >= 4 is 17.3 Å². The van der Waals surface area contributed by atoms with Crippen molar-refractivity contribution in [3.63, 3.8) is 0 Å². The number of carboxylic acids is 1. The molecule has 0 atom stereocenters. The zero-order chi connectivity index (χ0) is 10.7. The number of carboxylic acid groups (broad SMARTS) is 1. The third kappa shape index (κ3) is 2.54. The summed E-state index contributed by atoms with van der Waals surface area (Å²) in [6.07, 6.45) is 1.74. The Morgan fingerprint density at radius 2 is 2.21 bits per heavy atom. The smallest absolute Gasteiger partial charge is 0.365 e. The van der Waals surface area contributed by atoms with Crippen LogP contribution in [0.15, 0.2) is 0 Å². The highest BCUT2D eigenvalue weighted by Crippen LogP contribution is 2.21. The Morgan fingerprint density at radius 3 is 2.64 bits per heavy atom. The Hall–Kier alpha value is -0.900. The summed E-state index contributed by atoms with van der Waals surface area (Å²) in [5.74, 6) is -0.399. The van der Waals surface area contributed by atoms with Crippen molar-refractivity contribution in [2.75, 3.05) is 0 Å². The topological polar surface area (TPSA) is 50.2 Å². The fraction of sp³-hybridized carbons (Fsp3) is 0.600. The maximum Gasteiger partial charge on any atom is 0.365 e. The summed E-state index contributed by atoms with van der Waals surface area (Å²) < 4.78 is 0. The quantitative estimate of drug-likeness (QED) is 0.836. The van der Waals surface area contributed by atoms with Crippen LogP contribution in [0, 0.1) is 5.92 Å². The number of aromatic carboxylic acids is 1. The van der Waals surface area contributed by atoms with E-state index in [0.717, 1.165) is 23.4 Å². The molecular formula is C10H15NO2S. The van der Waals surface area contributed by atoms with Crippen LogP contribution < -0.4 is 0 Å². The number of thiazole rings is 1. The molecule has 1 N–H and O–H groups in total. The Kier molecular flexibility index (Phi) is 3.63. The number of aryl methyl sites for hydroxylation is 1. The predicted molar refractivity (Wildman–Crippen MR) is 57.0 cm³/mol. The fourth-order valence-electron chi connectivity index (χ4n) is 1.30. The van der Waals surface area contributed by atoms with Crippen molar-refractivity contribution in [3.8, 4) is 0 Å². The molecule has 78 valence electrons. The standard InChI is InChI=1S/C10H15NO2S/c1-4-8-7(5-6(2)3)11-9(14-8)10(12)13/h6H,4-5H2,1-3H3,(H,12,13). The van der Waals surface area contributed by atoms with Crippen LogP contribution in [0.1, 0.15) is 41.1 Å². The van der Waals surface area contributed by atoms with Gasteiger partial charge in [-0.2, -0.15) is 0 Å². The third-order valence-corrected chi connectivity index (χ3v) is 3.11. The molecule has 0 aromatic carbocycles. The first-order valence-electron chi connectivity index (χ1n) is 4.76. The van der Waals surface area contributed by atoms with Gasteiger partial charge in [-0.25, -0.2) is 9.78 Å². The van der Waals surface area contributed by atoms with E-state index in [0.29, 0.717) is 5.92 Å². The van der Waals surface area contributed by atoms with E-state index in [9.17, 15) is 4.79 Å². The van der Waals surface area contributed by atoms with Gasteiger partial charge in [-0.1, -0.05) is 20.8 Å². The molecule has 0 saturated heterocycles. The minimum Gasteiger partial charge on any atom is -0.476 e. The van der Waals surface area contributed by atoms with Gasteiger partial charge < -0.3 is 5.11 Å². The van der Waals surface area contributed by atoms with Gasteiger partial charge in [-0.05, 0) is 18.8 Å². The summed E-state index contributed by atoms with van der Waals surface area (Å²) >= 11 is 1.30. The Morgan fingerprint density at radius 1 is 1.57 bits per heavy atom. The number of aromatic nitrogens is 1. The van der Waals surface area contributed by atoms with Crippen molar-refractivity contribution in [1.29, 1.82) is 0 Å². The second-order valence-corrected chi connectivity index (χ2v) is 4.73. The SMILES string of the molecule is CCc1sc(C(=O)O)nc1CC(C)C. The van der Waals surface area contributed by atoms with Gasteiger partial charge in [0.2, 0.25) is 5.01 Å². The zero-order valence-electron chi connectivity index (χ0n) is 8.70. The van der Waals surface area contributed by atoms with Gasteiger partial charge in [0.25, 0.3) is 0 Å². The van der Waals surface area contributed by atoms with Crippen LogP contribution in [-0.4, -0.2) is 16.1 Å². The van der Waals surface area contributed by atoms with Gasteiger partial charge in [0.05, 0.1) is 5.69 Å². The van der Waals surface area contributed by atoms with Gasteiger partial charge in [0.1, 0.15) is 0 Å². The molecule has 0 unspecified atom stereocenters. The van der Waals surface area contributed by atoms with Gasteiger partial charge in [0, 0.05) is 4.88 Å². The maximum atomic E-state index is 10.7.